The molecule has 0 unspecified atom stereocenters. The number of carbonyl (C=O) groups is 1. The zero-order valence-electron chi connectivity index (χ0n) is 10.3. The molecular weight excluding hydrogens is 247 g/mol. The second kappa shape index (κ2) is 4.97. The van der Waals surface area contributed by atoms with Crippen LogP contribution < -0.4 is 16.2 Å². The summed E-state index contributed by atoms with van der Waals surface area (Å²) in [7, 11) is 0. The Kier molecular flexibility index (Phi) is 3.37. The number of benzene rings is 2. The second-order valence-electron chi connectivity index (χ2n) is 4.13. The van der Waals surface area contributed by atoms with E-state index in [0.717, 1.165) is 0 Å². The smallest absolute Gasteiger partial charge is 0.248 e. The molecule has 19 heavy (non-hydrogen) atoms. The molecule has 98 valence electrons. The topological polar surface area (TPSA) is 78.3 Å². The number of anilines is 1. The van der Waals surface area contributed by atoms with Crippen LogP contribution in [0.1, 0.15) is 15.9 Å². The van der Waals surface area contributed by atoms with Crippen LogP contribution in [0.5, 0.6) is 11.5 Å². The fourth-order valence-corrected chi connectivity index (χ4v) is 1.58. The van der Waals surface area contributed by atoms with E-state index >= 15 is 0 Å². The number of ether oxygens (including phenoxy) is 1. The van der Waals surface area contributed by atoms with Crippen LogP contribution in [-0.4, -0.2) is 5.91 Å². The molecule has 4 nitrogen and oxygen atoms in total. The molecule has 4 N–H and O–H groups in total. The maximum Gasteiger partial charge on any atom is 0.248 e. The van der Waals surface area contributed by atoms with E-state index in [1.807, 2.05) is 0 Å². The first kappa shape index (κ1) is 12.9. The molecule has 0 heterocycles. The largest absolute Gasteiger partial charge is 0.455 e. The van der Waals surface area contributed by atoms with Crippen molar-refractivity contribution in [1.29, 1.82) is 0 Å². The first-order chi connectivity index (χ1) is 8.97. The van der Waals surface area contributed by atoms with E-state index in [9.17, 15) is 9.18 Å². The van der Waals surface area contributed by atoms with Gasteiger partial charge in [-0.1, -0.05) is 0 Å². The molecule has 0 radical (unpaired) electrons. The van der Waals surface area contributed by atoms with Crippen LogP contribution in [0.2, 0.25) is 0 Å². The Labute approximate surface area is 109 Å². The number of rotatable bonds is 3. The highest BCUT2D eigenvalue weighted by molar-refractivity contribution is 5.93. The molecule has 2 aromatic carbocycles. The summed E-state index contributed by atoms with van der Waals surface area (Å²) >= 11 is 0. The van der Waals surface area contributed by atoms with Crippen molar-refractivity contribution < 1.29 is 13.9 Å². The van der Waals surface area contributed by atoms with Gasteiger partial charge in [0.25, 0.3) is 0 Å². The fourth-order valence-electron chi connectivity index (χ4n) is 1.58. The summed E-state index contributed by atoms with van der Waals surface area (Å²) in [6.45, 7) is 1.63. The molecule has 2 rings (SSSR count). The number of nitrogen functional groups attached to an aromatic ring is 1. The molecule has 1 amide bonds. The van der Waals surface area contributed by atoms with Crippen molar-refractivity contribution in [3.8, 4) is 11.5 Å². The predicted molar refractivity (Wildman–Crippen MR) is 70.6 cm³/mol. The molecule has 0 fully saturated rings. The number of amides is 1. The van der Waals surface area contributed by atoms with Gasteiger partial charge in [-0.2, -0.15) is 0 Å². The van der Waals surface area contributed by atoms with Crippen LogP contribution in [-0.2, 0) is 0 Å². The minimum atomic E-state index is -0.569. The van der Waals surface area contributed by atoms with Crippen LogP contribution in [0.3, 0.4) is 0 Å². The highest BCUT2D eigenvalue weighted by Crippen LogP contribution is 2.29. The number of primary amides is 1. The first-order valence-corrected chi connectivity index (χ1v) is 5.60. The zero-order valence-corrected chi connectivity index (χ0v) is 10.3. The zero-order chi connectivity index (χ0) is 14.0. The van der Waals surface area contributed by atoms with Crippen LogP contribution in [0.15, 0.2) is 36.4 Å². The van der Waals surface area contributed by atoms with Gasteiger partial charge in [-0.3, -0.25) is 4.79 Å². The van der Waals surface area contributed by atoms with Crippen molar-refractivity contribution in [2.45, 2.75) is 6.92 Å². The van der Waals surface area contributed by atoms with Gasteiger partial charge < -0.3 is 16.2 Å². The SMILES string of the molecule is Cc1cc(Oc2cc(C(N)=O)ccc2N)ccc1F. The average molecular weight is 260 g/mol. The molecule has 0 spiro atoms. The Morgan fingerprint density at radius 2 is 1.95 bits per heavy atom. The number of hydrogen-bond donors (Lipinski definition) is 2. The van der Waals surface area contributed by atoms with Crippen molar-refractivity contribution in [3.05, 3.63) is 53.3 Å². The summed E-state index contributed by atoms with van der Waals surface area (Å²) in [4.78, 5) is 11.1. The van der Waals surface area contributed by atoms with Crippen molar-refractivity contribution in [1.82, 2.24) is 0 Å². The second-order valence-corrected chi connectivity index (χ2v) is 4.13. The quantitative estimate of drug-likeness (QED) is 0.832. The highest BCUT2D eigenvalue weighted by atomic mass is 19.1. The Bertz CT molecular complexity index is 641. The third-order valence-electron chi connectivity index (χ3n) is 2.66. The normalized spacial score (nSPS) is 10.2. The van der Waals surface area contributed by atoms with E-state index in [2.05, 4.69) is 0 Å². The summed E-state index contributed by atoms with van der Waals surface area (Å²) in [5, 5.41) is 0. The van der Waals surface area contributed by atoms with Gasteiger partial charge in [0.15, 0.2) is 5.75 Å². The molecule has 5 heteroatoms. The maximum atomic E-state index is 13.1. The third kappa shape index (κ3) is 2.82. The number of nitrogens with two attached hydrogens (primary N) is 2. The van der Waals surface area contributed by atoms with Crippen LogP contribution >= 0.6 is 0 Å². The van der Waals surface area contributed by atoms with Gasteiger partial charge in [0.05, 0.1) is 5.69 Å². The van der Waals surface area contributed by atoms with Crippen molar-refractivity contribution >= 4 is 11.6 Å². The molecule has 0 aliphatic rings. The molecule has 0 aliphatic carbocycles. The van der Waals surface area contributed by atoms with Gasteiger partial charge in [0.2, 0.25) is 5.91 Å². The summed E-state index contributed by atoms with van der Waals surface area (Å²) in [5.41, 5.74) is 12.1. The highest BCUT2D eigenvalue weighted by Gasteiger charge is 2.08. The molecule has 0 aliphatic heterocycles. The lowest BCUT2D eigenvalue weighted by molar-refractivity contribution is 0.1000. The van der Waals surface area contributed by atoms with Gasteiger partial charge in [-0.15, -0.1) is 0 Å². The van der Waals surface area contributed by atoms with Gasteiger partial charge in [-0.05, 0) is 48.9 Å². The Morgan fingerprint density at radius 3 is 2.58 bits per heavy atom. The summed E-state index contributed by atoms with van der Waals surface area (Å²) < 4.78 is 18.7. The number of halogens is 1. The molecule has 0 aromatic heterocycles. The minimum absolute atomic E-state index is 0.294. The van der Waals surface area contributed by atoms with Crippen LogP contribution in [0.4, 0.5) is 10.1 Å². The van der Waals surface area contributed by atoms with Gasteiger partial charge in [-0.25, -0.2) is 4.39 Å². The molecule has 2 aromatic rings. The Hall–Kier alpha value is -2.56. The lowest BCUT2D eigenvalue weighted by Crippen LogP contribution is -2.11. The predicted octanol–water partition coefficient (Wildman–Crippen LogP) is 2.61. The van der Waals surface area contributed by atoms with Gasteiger partial charge in [0.1, 0.15) is 11.6 Å². The van der Waals surface area contributed by atoms with E-state index in [4.69, 9.17) is 16.2 Å². The molecular formula is C14H13FN2O2. The van der Waals surface area contributed by atoms with Gasteiger partial charge in [0, 0.05) is 5.56 Å². The monoisotopic (exact) mass is 260 g/mol. The van der Waals surface area contributed by atoms with Crippen molar-refractivity contribution in [2.24, 2.45) is 5.73 Å². The third-order valence-corrected chi connectivity index (χ3v) is 2.66. The lowest BCUT2D eigenvalue weighted by atomic mass is 10.2. The summed E-state index contributed by atoms with van der Waals surface area (Å²) in [6.07, 6.45) is 0. The van der Waals surface area contributed by atoms with E-state index in [0.29, 0.717) is 28.3 Å². The summed E-state index contributed by atoms with van der Waals surface area (Å²) in [6, 6.07) is 8.84. The van der Waals surface area contributed by atoms with E-state index in [1.54, 1.807) is 13.0 Å². The lowest BCUT2D eigenvalue weighted by Gasteiger charge is -2.10. The molecule has 0 bridgehead atoms. The Morgan fingerprint density at radius 1 is 1.21 bits per heavy atom. The minimum Gasteiger partial charge on any atom is -0.455 e. The van der Waals surface area contributed by atoms with Crippen LogP contribution in [0.25, 0.3) is 0 Å². The summed E-state index contributed by atoms with van der Waals surface area (Å²) in [5.74, 6) is -0.138. The number of hydrogen-bond acceptors (Lipinski definition) is 3. The Balaban J connectivity index is 2.34. The van der Waals surface area contributed by atoms with Gasteiger partial charge >= 0.3 is 0 Å². The van der Waals surface area contributed by atoms with Crippen LogP contribution in [0, 0.1) is 12.7 Å². The van der Waals surface area contributed by atoms with E-state index in [1.165, 1.54) is 30.3 Å². The van der Waals surface area contributed by atoms with E-state index < -0.39 is 5.91 Å². The molecule has 0 saturated heterocycles. The average Bonchev–Trinajstić information content (AvgIpc) is 2.36. The molecule has 0 atom stereocenters. The van der Waals surface area contributed by atoms with Crippen molar-refractivity contribution in [2.75, 3.05) is 5.73 Å². The maximum absolute atomic E-state index is 13.1. The van der Waals surface area contributed by atoms with Crippen molar-refractivity contribution in [3.63, 3.8) is 0 Å². The number of carbonyl (C=O) groups excluding carboxylic acids is 1. The first-order valence-electron chi connectivity index (χ1n) is 5.60. The fraction of sp³-hybridized carbons (Fsp3) is 0.0714. The van der Waals surface area contributed by atoms with E-state index in [-0.39, 0.29) is 5.82 Å². The molecule has 0 saturated carbocycles. The number of aryl methyl sites for hydroxylation is 1. The standard InChI is InChI=1S/C14H13FN2O2/c1-8-6-10(3-4-11(8)15)19-13-7-9(14(17)18)2-5-12(13)16/h2-7H,16H2,1H3,(H2,17,18).